The number of nitrogens with one attached hydrogen (secondary N) is 1. The Morgan fingerprint density at radius 2 is 2.29 bits per heavy atom. The van der Waals surface area contributed by atoms with Crippen LogP contribution in [-0.4, -0.2) is 30.4 Å². The fourth-order valence-electron chi connectivity index (χ4n) is 2.09. The van der Waals surface area contributed by atoms with Crippen molar-refractivity contribution in [1.82, 2.24) is 10.2 Å². The van der Waals surface area contributed by atoms with Crippen molar-refractivity contribution in [3.63, 3.8) is 0 Å². The molecule has 1 atom stereocenters. The highest BCUT2D eigenvalue weighted by Crippen LogP contribution is 2.14. The lowest BCUT2D eigenvalue weighted by Crippen LogP contribution is -2.36. The van der Waals surface area contributed by atoms with Gasteiger partial charge in [-0.15, -0.1) is 0 Å². The van der Waals surface area contributed by atoms with Gasteiger partial charge in [0, 0.05) is 20.1 Å². The van der Waals surface area contributed by atoms with E-state index in [0.717, 1.165) is 18.5 Å². The molecule has 0 aromatic heterocycles. The standard InChI is InChI=1S/C13H17FN2O/c1-9-10(4-3-5-11(9)14)8-15-12-6-7-16(2)13(12)17/h3-5,12,15H,6-8H2,1-2H3. The summed E-state index contributed by atoms with van der Waals surface area (Å²) in [5.41, 5.74) is 1.56. The van der Waals surface area contributed by atoms with Gasteiger partial charge in [0.15, 0.2) is 0 Å². The second-order valence-electron chi connectivity index (χ2n) is 4.51. The summed E-state index contributed by atoms with van der Waals surface area (Å²) in [5.74, 6) is -0.0711. The van der Waals surface area contributed by atoms with E-state index in [1.165, 1.54) is 6.07 Å². The minimum Gasteiger partial charge on any atom is -0.344 e. The van der Waals surface area contributed by atoms with Crippen LogP contribution in [0, 0.1) is 12.7 Å². The Morgan fingerprint density at radius 1 is 1.53 bits per heavy atom. The number of amides is 1. The molecule has 3 nitrogen and oxygen atoms in total. The second kappa shape index (κ2) is 4.84. The molecule has 0 bridgehead atoms. The van der Waals surface area contributed by atoms with Gasteiger partial charge in [-0.3, -0.25) is 4.79 Å². The highest BCUT2D eigenvalue weighted by molar-refractivity contribution is 5.83. The second-order valence-corrected chi connectivity index (χ2v) is 4.51. The summed E-state index contributed by atoms with van der Waals surface area (Å²) in [6.45, 7) is 3.08. The first kappa shape index (κ1) is 12.0. The maximum Gasteiger partial charge on any atom is 0.239 e. The van der Waals surface area contributed by atoms with Crippen LogP contribution in [0.3, 0.4) is 0 Å². The predicted octanol–water partition coefficient (Wildman–Crippen LogP) is 1.45. The molecule has 1 aromatic rings. The van der Waals surface area contributed by atoms with Crippen molar-refractivity contribution in [3.8, 4) is 0 Å². The van der Waals surface area contributed by atoms with Crippen LogP contribution in [-0.2, 0) is 11.3 Å². The zero-order valence-corrected chi connectivity index (χ0v) is 10.2. The summed E-state index contributed by atoms with van der Waals surface area (Å²) in [7, 11) is 1.80. The predicted molar refractivity (Wildman–Crippen MR) is 64.0 cm³/mol. The lowest BCUT2D eigenvalue weighted by atomic mass is 10.1. The summed E-state index contributed by atoms with van der Waals surface area (Å²) < 4.78 is 13.3. The van der Waals surface area contributed by atoms with E-state index in [1.807, 2.05) is 6.07 Å². The van der Waals surface area contributed by atoms with Gasteiger partial charge in [0.25, 0.3) is 0 Å². The number of carbonyl (C=O) groups is 1. The first-order chi connectivity index (χ1) is 8.09. The number of carbonyl (C=O) groups excluding carboxylic acids is 1. The number of hydrogen-bond donors (Lipinski definition) is 1. The fraction of sp³-hybridized carbons (Fsp3) is 0.462. The molecule has 17 heavy (non-hydrogen) atoms. The van der Waals surface area contributed by atoms with Gasteiger partial charge in [0.2, 0.25) is 5.91 Å². The molecule has 4 heteroatoms. The van der Waals surface area contributed by atoms with E-state index in [0.29, 0.717) is 12.1 Å². The third-order valence-electron chi connectivity index (χ3n) is 3.35. The molecule has 0 radical (unpaired) electrons. The van der Waals surface area contributed by atoms with E-state index in [4.69, 9.17) is 0 Å². The number of nitrogens with zero attached hydrogens (tertiary/aromatic N) is 1. The lowest BCUT2D eigenvalue weighted by Gasteiger charge is -2.13. The molecule has 0 aliphatic carbocycles. The van der Waals surface area contributed by atoms with E-state index in [2.05, 4.69) is 5.32 Å². The van der Waals surface area contributed by atoms with Gasteiger partial charge in [-0.25, -0.2) is 4.39 Å². The molecule has 1 heterocycles. The topological polar surface area (TPSA) is 32.3 Å². The molecule has 1 aliphatic rings. The van der Waals surface area contributed by atoms with Crippen molar-refractivity contribution >= 4 is 5.91 Å². The minimum absolute atomic E-state index is 0.123. The van der Waals surface area contributed by atoms with Crippen molar-refractivity contribution in [3.05, 3.63) is 35.1 Å². The van der Waals surface area contributed by atoms with E-state index >= 15 is 0 Å². The van der Waals surface area contributed by atoms with Crippen molar-refractivity contribution in [2.24, 2.45) is 0 Å². The van der Waals surface area contributed by atoms with Gasteiger partial charge in [-0.1, -0.05) is 12.1 Å². The van der Waals surface area contributed by atoms with E-state index in [9.17, 15) is 9.18 Å². The zero-order chi connectivity index (χ0) is 12.4. The number of likely N-dealkylation sites (N-methyl/N-ethyl adjacent to an activating group) is 1. The minimum atomic E-state index is -0.195. The van der Waals surface area contributed by atoms with Crippen molar-refractivity contribution in [2.45, 2.75) is 25.9 Å². The summed E-state index contributed by atoms with van der Waals surface area (Å²) in [6.07, 6.45) is 0.823. The summed E-state index contributed by atoms with van der Waals surface area (Å²) in [6, 6.07) is 4.91. The van der Waals surface area contributed by atoms with Crippen LogP contribution < -0.4 is 5.32 Å². The molecule has 1 N–H and O–H groups in total. The largest absolute Gasteiger partial charge is 0.344 e. The first-order valence-corrected chi connectivity index (χ1v) is 5.82. The fourth-order valence-corrected chi connectivity index (χ4v) is 2.09. The average Bonchev–Trinajstić information content (AvgIpc) is 2.62. The van der Waals surface area contributed by atoms with Crippen LogP contribution in [0.2, 0.25) is 0 Å². The Morgan fingerprint density at radius 3 is 2.94 bits per heavy atom. The van der Waals surface area contributed by atoms with Crippen molar-refractivity contribution in [1.29, 1.82) is 0 Å². The van der Waals surface area contributed by atoms with Gasteiger partial charge in [-0.2, -0.15) is 0 Å². The lowest BCUT2D eigenvalue weighted by molar-refractivity contribution is -0.128. The van der Waals surface area contributed by atoms with Gasteiger partial charge in [0.1, 0.15) is 5.82 Å². The molecular formula is C13H17FN2O. The number of rotatable bonds is 3. The summed E-state index contributed by atoms with van der Waals surface area (Å²) >= 11 is 0. The number of hydrogen-bond acceptors (Lipinski definition) is 2. The highest BCUT2D eigenvalue weighted by atomic mass is 19.1. The summed E-state index contributed by atoms with van der Waals surface area (Å²) in [4.78, 5) is 13.4. The van der Waals surface area contributed by atoms with Crippen LogP contribution >= 0.6 is 0 Å². The monoisotopic (exact) mass is 236 g/mol. The normalized spacial score (nSPS) is 20.1. The average molecular weight is 236 g/mol. The number of benzene rings is 1. The van der Waals surface area contributed by atoms with Gasteiger partial charge < -0.3 is 10.2 Å². The first-order valence-electron chi connectivity index (χ1n) is 5.82. The van der Waals surface area contributed by atoms with Crippen LogP contribution in [0.4, 0.5) is 4.39 Å². The molecule has 2 rings (SSSR count). The molecule has 1 aliphatic heterocycles. The van der Waals surface area contributed by atoms with E-state index in [-0.39, 0.29) is 17.8 Å². The van der Waals surface area contributed by atoms with Crippen LogP contribution in [0.15, 0.2) is 18.2 Å². The third kappa shape index (κ3) is 2.47. The quantitative estimate of drug-likeness (QED) is 0.861. The SMILES string of the molecule is Cc1c(F)cccc1CNC1CCN(C)C1=O. The summed E-state index contributed by atoms with van der Waals surface area (Å²) in [5, 5.41) is 3.19. The van der Waals surface area contributed by atoms with Crippen LogP contribution in [0.25, 0.3) is 0 Å². The molecule has 1 aromatic carbocycles. The smallest absolute Gasteiger partial charge is 0.239 e. The molecule has 1 unspecified atom stereocenters. The number of halogens is 1. The van der Waals surface area contributed by atoms with Gasteiger partial charge >= 0.3 is 0 Å². The molecule has 1 fully saturated rings. The molecule has 1 saturated heterocycles. The van der Waals surface area contributed by atoms with Gasteiger partial charge in [0.05, 0.1) is 6.04 Å². The maximum absolute atomic E-state index is 13.3. The third-order valence-corrected chi connectivity index (χ3v) is 3.35. The zero-order valence-electron chi connectivity index (χ0n) is 10.2. The Labute approximate surface area is 101 Å². The number of likely N-dealkylation sites (tertiary alicyclic amines) is 1. The van der Waals surface area contributed by atoms with Crippen molar-refractivity contribution in [2.75, 3.05) is 13.6 Å². The highest BCUT2D eigenvalue weighted by Gasteiger charge is 2.28. The van der Waals surface area contributed by atoms with E-state index in [1.54, 1.807) is 24.9 Å². The van der Waals surface area contributed by atoms with Gasteiger partial charge in [-0.05, 0) is 30.5 Å². The van der Waals surface area contributed by atoms with E-state index < -0.39 is 0 Å². The Hall–Kier alpha value is -1.42. The maximum atomic E-state index is 13.3. The molecule has 1 amide bonds. The van der Waals surface area contributed by atoms with Crippen LogP contribution in [0.1, 0.15) is 17.5 Å². The molecule has 0 saturated carbocycles. The van der Waals surface area contributed by atoms with Crippen LogP contribution in [0.5, 0.6) is 0 Å². The Bertz CT molecular complexity index is 433. The Balaban J connectivity index is 1.99. The molecular weight excluding hydrogens is 219 g/mol. The molecule has 0 spiro atoms. The Kier molecular flexibility index (Phi) is 3.43. The van der Waals surface area contributed by atoms with Crippen molar-refractivity contribution < 1.29 is 9.18 Å². The molecule has 92 valence electrons.